The van der Waals surface area contributed by atoms with Crippen LogP contribution in [0.3, 0.4) is 0 Å². The molecule has 0 unspecified atom stereocenters. The number of aromatic nitrogens is 1. The van der Waals surface area contributed by atoms with Gasteiger partial charge in [0.1, 0.15) is 21.5 Å². The smallest absolute Gasteiger partial charge is 0.263 e. The number of benzene rings is 1. The van der Waals surface area contributed by atoms with E-state index in [1.54, 1.807) is 12.1 Å². The van der Waals surface area contributed by atoms with Gasteiger partial charge in [-0.2, -0.15) is 0 Å². The van der Waals surface area contributed by atoms with Gasteiger partial charge < -0.3 is 9.47 Å². The molecule has 0 fully saturated rings. The summed E-state index contributed by atoms with van der Waals surface area (Å²) in [7, 11) is -0.916. The number of ether oxygens (including phenoxy) is 2. The third-order valence-electron chi connectivity index (χ3n) is 2.73. The highest BCUT2D eigenvalue weighted by Crippen LogP contribution is 2.31. The highest BCUT2D eigenvalue weighted by Gasteiger charge is 2.19. The van der Waals surface area contributed by atoms with Crippen molar-refractivity contribution in [1.29, 1.82) is 0 Å². The van der Waals surface area contributed by atoms with Gasteiger partial charge in [-0.05, 0) is 34.1 Å². The second-order valence-corrected chi connectivity index (χ2v) is 7.01. The largest absolute Gasteiger partial charge is 0.497 e. The quantitative estimate of drug-likeness (QED) is 0.769. The number of pyridine rings is 1. The molecule has 1 aromatic heterocycles. The molecule has 2 rings (SSSR count). The lowest BCUT2D eigenvalue weighted by Gasteiger charge is -2.13. The molecular weight excluding hydrogens is 396 g/mol. The van der Waals surface area contributed by atoms with E-state index in [9.17, 15) is 8.42 Å². The first-order valence-corrected chi connectivity index (χ1v) is 8.58. The molecule has 6 nitrogen and oxygen atoms in total. The van der Waals surface area contributed by atoms with Crippen molar-refractivity contribution in [2.45, 2.75) is 4.90 Å². The molecule has 0 aliphatic heterocycles. The van der Waals surface area contributed by atoms with Crippen LogP contribution in [0, 0.1) is 0 Å². The Bertz CT molecular complexity index is 799. The van der Waals surface area contributed by atoms with Gasteiger partial charge in [0.05, 0.1) is 24.4 Å². The number of anilines is 1. The summed E-state index contributed by atoms with van der Waals surface area (Å²) < 4.78 is 37.9. The summed E-state index contributed by atoms with van der Waals surface area (Å²) in [6.07, 6.45) is 1.17. The summed E-state index contributed by atoms with van der Waals surface area (Å²) in [5, 5.41) is 0.179. The van der Waals surface area contributed by atoms with Crippen LogP contribution in [0.2, 0.25) is 5.15 Å². The van der Waals surface area contributed by atoms with Crippen molar-refractivity contribution in [1.82, 2.24) is 4.98 Å². The Kier molecular flexibility index (Phi) is 5.15. The van der Waals surface area contributed by atoms with E-state index in [0.717, 1.165) is 0 Å². The number of nitrogens with zero attached hydrogens (tertiary/aromatic N) is 1. The first-order chi connectivity index (χ1) is 10.4. The summed E-state index contributed by atoms with van der Waals surface area (Å²) in [4.78, 5) is 3.77. The minimum absolute atomic E-state index is 0.0337. The average Bonchev–Trinajstić information content (AvgIpc) is 2.49. The minimum atomic E-state index is -3.85. The molecule has 0 saturated carbocycles. The standard InChI is InChI=1S/C13H12BrClN2O4S/c1-20-8-3-4-12(21-2)11(5-8)17-22(18,19)9-6-10(14)13(15)16-7-9/h3-7,17H,1-2H3. The maximum atomic E-state index is 12.4. The van der Waals surface area contributed by atoms with Crippen LogP contribution in [0.1, 0.15) is 0 Å². The summed E-state index contributed by atoms with van der Waals surface area (Å²) in [6, 6.07) is 6.16. The lowest BCUT2D eigenvalue weighted by Crippen LogP contribution is -2.14. The fraction of sp³-hybridized carbons (Fsp3) is 0.154. The number of nitrogens with one attached hydrogen (secondary N) is 1. The van der Waals surface area contributed by atoms with Crippen LogP contribution in [0.15, 0.2) is 39.8 Å². The lowest BCUT2D eigenvalue weighted by atomic mass is 10.3. The fourth-order valence-corrected chi connectivity index (χ4v) is 3.28. The van der Waals surface area contributed by atoms with Gasteiger partial charge in [-0.1, -0.05) is 11.6 Å². The fourth-order valence-electron chi connectivity index (χ4n) is 1.65. The molecule has 0 aliphatic carbocycles. The van der Waals surface area contributed by atoms with E-state index in [1.807, 2.05) is 0 Å². The predicted octanol–water partition coefficient (Wildman–Crippen LogP) is 3.32. The summed E-state index contributed by atoms with van der Waals surface area (Å²) in [5.74, 6) is 0.860. The Morgan fingerprint density at radius 2 is 1.95 bits per heavy atom. The molecule has 1 heterocycles. The molecule has 0 spiro atoms. The second-order valence-electron chi connectivity index (χ2n) is 4.12. The zero-order chi connectivity index (χ0) is 16.3. The van der Waals surface area contributed by atoms with Gasteiger partial charge >= 0.3 is 0 Å². The summed E-state index contributed by atoms with van der Waals surface area (Å²) in [6.45, 7) is 0. The second kappa shape index (κ2) is 6.72. The topological polar surface area (TPSA) is 77.5 Å². The molecule has 0 saturated heterocycles. The SMILES string of the molecule is COc1ccc(OC)c(NS(=O)(=O)c2cnc(Cl)c(Br)c2)c1. The normalized spacial score (nSPS) is 11.1. The van der Waals surface area contributed by atoms with E-state index < -0.39 is 10.0 Å². The van der Waals surface area contributed by atoms with Crippen molar-refractivity contribution in [3.63, 3.8) is 0 Å². The van der Waals surface area contributed by atoms with E-state index in [2.05, 4.69) is 25.6 Å². The maximum absolute atomic E-state index is 12.4. The Labute approximate surface area is 141 Å². The number of hydrogen-bond acceptors (Lipinski definition) is 5. The summed E-state index contributed by atoms with van der Waals surface area (Å²) >= 11 is 8.91. The molecule has 1 N–H and O–H groups in total. The molecule has 2 aromatic rings. The molecule has 1 aromatic carbocycles. The molecule has 22 heavy (non-hydrogen) atoms. The third kappa shape index (κ3) is 3.63. The van der Waals surface area contributed by atoms with Crippen molar-refractivity contribution in [3.8, 4) is 11.5 Å². The highest BCUT2D eigenvalue weighted by molar-refractivity contribution is 9.10. The molecule has 0 aliphatic rings. The van der Waals surface area contributed by atoms with Gasteiger partial charge in [-0.15, -0.1) is 0 Å². The van der Waals surface area contributed by atoms with Crippen LogP contribution in [-0.2, 0) is 10.0 Å². The van der Waals surface area contributed by atoms with Crippen molar-refractivity contribution < 1.29 is 17.9 Å². The van der Waals surface area contributed by atoms with E-state index >= 15 is 0 Å². The number of methoxy groups -OCH3 is 2. The number of rotatable bonds is 5. The van der Waals surface area contributed by atoms with Crippen LogP contribution >= 0.6 is 27.5 Å². The van der Waals surface area contributed by atoms with Gasteiger partial charge in [-0.25, -0.2) is 13.4 Å². The molecule has 118 valence electrons. The van der Waals surface area contributed by atoms with Crippen LogP contribution in [0.4, 0.5) is 5.69 Å². The number of hydrogen-bond donors (Lipinski definition) is 1. The Hall–Kier alpha value is -1.51. The van der Waals surface area contributed by atoms with Crippen molar-refractivity contribution >= 4 is 43.2 Å². The molecular formula is C13H12BrClN2O4S. The summed E-state index contributed by atoms with van der Waals surface area (Å²) in [5.41, 5.74) is 0.257. The minimum Gasteiger partial charge on any atom is -0.497 e. The maximum Gasteiger partial charge on any atom is 0.263 e. The number of sulfonamides is 1. The zero-order valence-electron chi connectivity index (χ0n) is 11.6. The van der Waals surface area contributed by atoms with Crippen molar-refractivity contribution in [3.05, 3.63) is 40.1 Å². The van der Waals surface area contributed by atoms with E-state index in [1.165, 1.54) is 32.5 Å². The van der Waals surface area contributed by atoms with E-state index in [4.69, 9.17) is 21.1 Å². The van der Waals surface area contributed by atoms with Crippen LogP contribution in [0.25, 0.3) is 0 Å². The monoisotopic (exact) mass is 406 g/mol. The van der Waals surface area contributed by atoms with Gasteiger partial charge in [-0.3, -0.25) is 4.72 Å². The Morgan fingerprint density at radius 3 is 2.55 bits per heavy atom. The molecule has 0 bridgehead atoms. The van der Waals surface area contributed by atoms with E-state index in [-0.39, 0.29) is 15.7 Å². The number of halogens is 2. The van der Waals surface area contributed by atoms with Crippen LogP contribution < -0.4 is 14.2 Å². The molecule has 0 radical (unpaired) electrons. The van der Waals surface area contributed by atoms with Gasteiger partial charge in [0.15, 0.2) is 0 Å². The molecule has 0 amide bonds. The first-order valence-electron chi connectivity index (χ1n) is 5.93. The highest BCUT2D eigenvalue weighted by atomic mass is 79.9. The van der Waals surface area contributed by atoms with Crippen LogP contribution in [-0.4, -0.2) is 27.6 Å². The van der Waals surface area contributed by atoms with E-state index in [0.29, 0.717) is 16.0 Å². The first kappa shape index (κ1) is 16.9. The Morgan fingerprint density at radius 1 is 1.23 bits per heavy atom. The van der Waals surface area contributed by atoms with Crippen molar-refractivity contribution in [2.24, 2.45) is 0 Å². The predicted molar refractivity (Wildman–Crippen MR) is 87.3 cm³/mol. The van der Waals surface area contributed by atoms with Crippen molar-refractivity contribution in [2.75, 3.05) is 18.9 Å². The zero-order valence-corrected chi connectivity index (χ0v) is 14.8. The lowest BCUT2D eigenvalue weighted by molar-refractivity contribution is 0.405. The Balaban J connectivity index is 2.41. The van der Waals surface area contributed by atoms with Crippen LogP contribution in [0.5, 0.6) is 11.5 Å². The van der Waals surface area contributed by atoms with Gasteiger partial charge in [0.25, 0.3) is 10.0 Å². The third-order valence-corrected chi connectivity index (χ3v) is 5.20. The van der Waals surface area contributed by atoms with Gasteiger partial charge in [0.2, 0.25) is 0 Å². The average molecular weight is 408 g/mol. The van der Waals surface area contributed by atoms with Gasteiger partial charge in [0, 0.05) is 12.3 Å². The molecule has 9 heteroatoms. The molecule has 0 atom stereocenters.